The molecular weight excluding hydrogens is 305 g/mol. The molecule has 1 aromatic carbocycles. The number of nitrogens with one attached hydrogen (secondary N) is 1. The average molecular weight is 321 g/mol. The second-order valence-electron chi connectivity index (χ2n) is 4.95. The maximum Gasteiger partial charge on any atom is 0.305 e. The van der Waals surface area contributed by atoms with Crippen LogP contribution in [0.5, 0.6) is 0 Å². The van der Waals surface area contributed by atoms with Gasteiger partial charge in [0.25, 0.3) is 0 Å². The second-order valence-corrected chi connectivity index (χ2v) is 5.93. The van der Waals surface area contributed by atoms with Crippen molar-refractivity contribution < 1.29 is 19.1 Å². The number of carboxylic acids is 1. The molecule has 0 aliphatic rings. The molecule has 1 heterocycles. The highest BCUT2D eigenvalue weighted by molar-refractivity contribution is 7.10. The Bertz CT molecular complexity index is 640. The molecule has 116 valence electrons. The van der Waals surface area contributed by atoms with Gasteiger partial charge in [-0.05, 0) is 36.1 Å². The lowest BCUT2D eigenvalue weighted by Crippen LogP contribution is -2.33. The standard InChI is InChI=1S/C16H16FNO3S/c1-10(14-3-2-8-22-14)16(21)18-13(9-15(19)20)11-4-6-12(17)7-5-11/h2-8,10,13H,9H2,1H3,(H,18,21)(H,19,20)/t10-,13-/m0/s1. The van der Waals surface area contributed by atoms with Gasteiger partial charge < -0.3 is 10.4 Å². The lowest BCUT2D eigenvalue weighted by molar-refractivity contribution is -0.137. The van der Waals surface area contributed by atoms with Crippen LogP contribution < -0.4 is 5.32 Å². The van der Waals surface area contributed by atoms with E-state index in [0.29, 0.717) is 5.56 Å². The second kappa shape index (κ2) is 7.17. The van der Waals surface area contributed by atoms with Gasteiger partial charge in [-0.3, -0.25) is 9.59 Å². The van der Waals surface area contributed by atoms with Crippen LogP contribution in [-0.4, -0.2) is 17.0 Å². The number of rotatable bonds is 6. The normalized spacial score (nSPS) is 13.4. The van der Waals surface area contributed by atoms with Gasteiger partial charge in [0.2, 0.25) is 5.91 Å². The first kappa shape index (κ1) is 16.2. The highest BCUT2D eigenvalue weighted by atomic mass is 32.1. The third-order valence-corrected chi connectivity index (χ3v) is 4.39. The number of carbonyl (C=O) groups is 2. The summed E-state index contributed by atoms with van der Waals surface area (Å²) in [5, 5.41) is 13.6. The summed E-state index contributed by atoms with van der Waals surface area (Å²) in [7, 11) is 0. The number of carboxylic acid groups (broad SMARTS) is 1. The fourth-order valence-corrected chi connectivity index (χ4v) is 2.87. The van der Waals surface area contributed by atoms with Crippen LogP contribution in [0.4, 0.5) is 4.39 Å². The third-order valence-electron chi connectivity index (χ3n) is 3.33. The summed E-state index contributed by atoms with van der Waals surface area (Å²) in [6, 6.07) is 8.50. The topological polar surface area (TPSA) is 66.4 Å². The van der Waals surface area contributed by atoms with E-state index in [1.807, 2.05) is 17.5 Å². The van der Waals surface area contributed by atoms with Gasteiger partial charge in [-0.15, -0.1) is 11.3 Å². The Labute approximate surface area is 131 Å². The minimum atomic E-state index is -1.03. The van der Waals surface area contributed by atoms with Crippen molar-refractivity contribution >= 4 is 23.2 Å². The third kappa shape index (κ3) is 4.14. The van der Waals surface area contributed by atoms with Crippen molar-refractivity contribution in [3.05, 3.63) is 58.0 Å². The zero-order valence-electron chi connectivity index (χ0n) is 12.0. The van der Waals surface area contributed by atoms with Crippen LogP contribution in [0.25, 0.3) is 0 Å². The molecule has 1 aromatic heterocycles. The van der Waals surface area contributed by atoms with Crippen LogP contribution in [0.2, 0.25) is 0 Å². The van der Waals surface area contributed by atoms with E-state index in [9.17, 15) is 14.0 Å². The van der Waals surface area contributed by atoms with E-state index in [4.69, 9.17) is 5.11 Å². The van der Waals surface area contributed by atoms with Gasteiger partial charge >= 0.3 is 5.97 Å². The molecule has 0 saturated heterocycles. The molecule has 0 bridgehead atoms. The van der Waals surface area contributed by atoms with Gasteiger partial charge in [-0.1, -0.05) is 18.2 Å². The molecule has 0 aliphatic carbocycles. The van der Waals surface area contributed by atoms with E-state index >= 15 is 0 Å². The Morgan fingerprint density at radius 1 is 1.27 bits per heavy atom. The Kier molecular flexibility index (Phi) is 5.27. The molecule has 0 fully saturated rings. The fraction of sp³-hybridized carbons (Fsp3) is 0.250. The lowest BCUT2D eigenvalue weighted by atomic mass is 10.0. The molecule has 2 atom stereocenters. The van der Waals surface area contributed by atoms with E-state index in [1.165, 1.54) is 35.6 Å². The summed E-state index contributed by atoms with van der Waals surface area (Å²) in [4.78, 5) is 24.2. The number of aliphatic carboxylic acids is 1. The van der Waals surface area contributed by atoms with Gasteiger partial charge in [0, 0.05) is 4.88 Å². The van der Waals surface area contributed by atoms with E-state index in [0.717, 1.165) is 4.88 Å². The molecule has 22 heavy (non-hydrogen) atoms. The first-order chi connectivity index (χ1) is 10.5. The van der Waals surface area contributed by atoms with Crippen LogP contribution in [0.15, 0.2) is 41.8 Å². The van der Waals surface area contributed by atoms with Crippen molar-refractivity contribution in [2.45, 2.75) is 25.3 Å². The number of thiophene rings is 1. The Balaban J connectivity index is 2.14. The predicted molar refractivity (Wildman–Crippen MR) is 82.3 cm³/mol. The van der Waals surface area contributed by atoms with E-state index in [2.05, 4.69) is 5.32 Å². The van der Waals surface area contributed by atoms with Gasteiger partial charge in [-0.25, -0.2) is 4.39 Å². The summed E-state index contributed by atoms with van der Waals surface area (Å²) in [5.74, 6) is -2.05. The molecule has 0 saturated carbocycles. The van der Waals surface area contributed by atoms with E-state index < -0.39 is 17.8 Å². The molecule has 2 rings (SSSR count). The van der Waals surface area contributed by atoms with E-state index in [1.54, 1.807) is 6.92 Å². The minimum absolute atomic E-state index is 0.252. The molecule has 0 spiro atoms. The van der Waals surface area contributed by atoms with Crippen LogP contribution in [0.1, 0.15) is 35.7 Å². The average Bonchev–Trinajstić information content (AvgIpc) is 3.00. The number of halogens is 1. The SMILES string of the molecule is C[C@H](C(=O)N[C@@H](CC(=O)O)c1ccc(F)cc1)c1cccs1. The summed E-state index contributed by atoms with van der Waals surface area (Å²) in [5.41, 5.74) is 0.565. The van der Waals surface area contributed by atoms with Crippen LogP contribution in [-0.2, 0) is 9.59 Å². The molecule has 2 aromatic rings. The molecule has 2 N–H and O–H groups in total. The molecule has 1 amide bonds. The van der Waals surface area contributed by atoms with Gasteiger partial charge in [-0.2, -0.15) is 0 Å². The highest BCUT2D eigenvalue weighted by Crippen LogP contribution is 2.23. The van der Waals surface area contributed by atoms with Gasteiger partial charge in [0.05, 0.1) is 18.4 Å². The van der Waals surface area contributed by atoms with Crippen LogP contribution in [0, 0.1) is 5.82 Å². The molecule has 0 aliphatic heterocycles. The zero-order chi connectivity index (χ0) is 16.1. The minimum Gasteiger partial charge on any atom is -0.481 e. The zero-order valence-corrected chi connectivity index (χ0v) is 12.8. The Hall–Kier alpha value is -2.21. The molecular formula is C16H16FNO3S. The quantitative estimate of drug-likeness (QED) is 0.857. The van der Waals surface area contributed by atoms with Crippen molar-refractivity contribution in [2.24, 2.45) is 0 Å². The largest absolute Gasteiger partial charge is 0.481 e. The molecule has 6 heteroatoms. The highest BCUT2D eigenvalue weighted by Gasteiger charge is 2.22. The number of hydrogen-bond acceptors (Lipinski definition) is 3. The van der Waals surface area contributed by atoms with Crippen molar-refractivity contribution in [3.8, 4) is 0 Å². The molecule has 0 unspecified atom stereocenters. The smallest absolute Gasteiger partial charge is 0.305 e. The van der Waals surface area contributed by atoms with Crippen molar-refractivity contribution in [1.82, 2.24) is 5.32 Å². The summed E-state index contributed by atoms with van der Waals surface area (Å²) < 4.78 is 13.0. The molecule has 0 radical (unpaired) electrons. The predicted octanol–water partition coefficient (Wildman–Crippen LogP) is 3.32. The number of amides is 1. The number of benzene rings is 1. The summed E-state index contributed by atoms with van der Waals surface area (Å²) in [6.07, 6.45) is -0.255. The van der Waals surface area contributed by atoms with E-state index in [-0.39, 0.29) is 18.2 Å². The van der Waals surface area contributed by atoms with Crippen molar-refractivity contribution in [3.63, 3.8) is 0 Å². The van der Waals surface area contributed by atoms with Gasteiger partial charge in [0.15, 0.2) is 0 Å². The lowest BCUT2D eigenvalue weighted by Gasteiger charge is -2.20. The van der Waals surface area contributed by atoms with Gasteiger partial charge in [0.1, 0.15) is 5.82 Å². The van der Waals surface area contributed by atoms with Crippen LogP contribution >= 0.6 is 11.3 Å². The summed E-state index contributed by atoms with van der Waals surface area (Å²) in [6.45, 7) is 1.77. The fourth-order valence-electron chi connectivity index (χ4n) is 2.09. The number of hydrogen-bond donors (Lipinski definition) is 2. The summed E-state index contributed by atoms with van der Waals surface area (Å²) >= 11 is 1.47. The first-order valence-electron chi connectivity index (χ1n) is 6.78. The molecule has 4 nitrogen and oxygen atoms in total. The number of carbonyl (C=O) groups excluding carboxylic acids is 1. The first-order valence-corrected chi connectivity index (χ1v) is 7.66. The Morgan fingerprint density at radius 3 is 2.50 bits per heavy atom. The van der Waals surface area contributed by atoms with Crippen LogP contribution in [0.3, 0.4) is 0 Å². The maximum atomic E-state index is 13.0. The van der Waals surface area contributed by atoms with Crippen molar-refractivity contribution in [1.29, 1.82) is 0 Å². The van der Waals surface area contributed by atoms with Crippen molar-refractivity contribution in [2.75, 3.05) is 0 Å². The monoisotopic (exact) mass is 321 g/mol. The Morgan fingerprint density at radius 2 is 1.95 bits per heavy atom. The maximum absolute atomic E-state index is 13.0.